The molecule has 1 aromatic heterocycles. The van der Waals surface area contributed by atoms with E-state index >= 15 is 0 Å². The van der Waals surface area contributed by atoms with Crippen LogP contribution in [0.25, 0.3) is 0 Å². The molecule has 0 saturated heterocycles. The van der Waals surface area contributed by atoms with Crippen LogP contribution in [0.15, 0.2) is 6.07 Å². The van der Waals surface area contributed by atoms with Crippen LogP contribution in [0.5, 0.6) is 5.88 Å². The molecule has 0 saturated carbocycles. The van der Waals surface area contributed by atoms with Gasteiger partial charge in [0, 0.05) is 19.7 Å². The second-order valence-corrected chi connectivity index (χ2v) is 3.69. The van der Waals surface area contributed by atoms with Crippen molar-refractivity contribution in [2.75, 3.05) is 31.3 Å². The summed E-state index contributed by atoms with van der Waals surface area (Å²) in [5, 5.41) is 9.19. The molecule has 90 valence electrons. The van der Waals surface area contributed by atoms with Crippen LogP contribution < -0.4 is 15.4 Å². The molecule has 0 amide bonds. The third-order valence-corrected chi connectivity index (χ3v) is 2.19. The van der Waals surface area contributed by atoms with Crippen molar-refractivity contribution in [3.63, 3.8) is 0 Å². The Morgan fingerprint density at radius 1 is 1.56 bits per heavy atom. The van der Waals surface area contributed by atoms with Crippen molar-refractivity contribution in [3.8, 4) is 5.88 Å². The van der Waals surface area contributed by atoms with Crippen LogP contribution >= 0.6 is 0 Å². The normalized spacial score (nSPS) is 12.2. The minimum Gasteiger partial charge on any atom is -0.481 e. The van der Waals surface area contributed by atoms with Gasteiger partial charge in [0.1, 0.15) is 5.82 Å². The fourth-order valence-electron chi connectivity index (χ4n) is 1.23. The van der Waals surface area contributed by atoms with Crippen LogP contribution in [0.1, 0.15) is 13.3 Å². The van der Waals surface area contributed by atoms with E-state index in [1.807, 2.05) is 11.9 Å². The van der Waals surface area contributed by atoms with Gasteiger partial charge in [-0.05, 0) is 13.3 Å². The first kappa shape index (κ1) is 12.5. The topological polar surface area (TPSA) is 84.5 Å². The number of nitrogens with two attached hydrogens (primary N) is 1. The molecule has 0 fully saturated rings. The van der Waals surface area contributed by atoms with Crippen LogP contribution in [-0.2, 0) is 0 Å². The summed E-state index contributed by atoms with van der Waals surface area (Å²) in [5.74, 6) is 1.30. The molecule has 0 aromatic carbocycles. The monoisotopic (exact) mass is 226 g/mol. The van der Waals surface area contributed by atoms with Crippen molar-refractivity contribution in [2.45, 2.75) is 19.4 Å². The fourth-order valence-corrected chi connectivity index (χ4v) is 1.23. The van der Waals surface area contributed by atoms with Crippen LogP contribution in [0, 0.1) is 0 Å². The number of aromatic nitrogens is 2. The first-order chi connectivity index (χ1) is 7.52. The van der Waals surface area contributed by atoms with Crippen molar-refractivity contribution in [2.24, 2.45) is 0 Å². The Morgan fingerprint density at radius 3 is 2.81 bits per heavy atom. The van der Waals surface area contributed by atoms with E-state index in [4.69, 9.17) is 10.5 Å². The molecule has 1 heterocycles. The predicted octanol–water partition coefficient (Wildman–Crippen LogP) is 0.274. The number of rotatable bonds is 5. The summed E-state index contributed by atoms with van der Waals surface area (Å²) in [7, 11) is 3.41. The number of nitrogens with zero attached hydrogens (tertiary/aromatic N) is 3. The highest BCUT2D eigenvalue weighted by Crippen LogP contribution is 2.17. The Labute approximate surface area is 95.1 Å². The molecule has 1 aromatic rings. The molecule has 1 rings (SSSR count). The number of nitrogen functional groups attached to an aromatic ring is 1. The highest BCUT2D eigenvalue weighted by atomic mass is 16.5. The lowest BCUT2D eigenvalue weighted by atomic mass is 10.3. The Balaban J connectivity index is 2.74. The van der Waals surface area contributed by atoms with Crippen LogP contribution in [0.4, 0.5) is 11.8 Å². The lowest BCUT2D eigenvalue weighted by Crippen LogP contribution is -2.23. The fraction of sp³-hybridized carbons (Fsp3) is 0.600. The molecule has 1 atom stereocenters. The van der Waals surface area contributed by atoms with E-state index in [1.165, 1.54) is 7.11 Å². The van der Waals surface area contributed by atoms with Crippen LogP contribution in [0.3, 0.4) is 0 Å². The van der Waals surface area contributed by atoms with Gasteiger partial charge in [-0.15, -0.1) is 0 Å². The minimum atomic E-state index is -0.330. The van der Waals surface area contributed by atoms with Crippen molar-refractivity contribution in [1.29, 1.82) is 0 Å². The third kappa shape index (κ3) is 3.54. The van der Waals surface area contributed by atoms with Crippen molar-refractivity contribution in [3.05, 3.63) is 6.07 Å². The van der Waals surface area contributed by atoms with Gasteiger partial charge in [-0.25, -0.2) is 0 Å². The standard InChI is InChI=1S/C10H18N4O2/c1-7(15)4-5-14(2)8-6-9(16-3)13-10(11)12-8/h6-7,15H,4-5H2,1-3H3,(H2,11,12,13). The summed E-state index contributed by atoms with van der Waals surface area (Å²) in [5.41, 5.74) is 5.55. The van der Waals surface area contributed by atoms with E-state index in [0.29, 0.717) is 24.7 Å². The zero-order valence-electron chi connectivity index (χ0n) is 9.84. The SMILES string of the molecule is COc1cc(N(C)CCC(C)O)nc(N)n1. The second kappa shape index (κ2) is 5.50. The van der Waals surface area contributed by atoms with Gasteiger partial charge in [-0.2, -0.15) is 9.97 Å². The van der Waals surface area contributed by atoms with Crippen LogP contribution in [0.2, 0.25) is 0 Å². The first-order valence-electron chi connectivity index (χ1n) is 5.10. The quantitative estimate of drug-likeness (QED) is 0.750. The van der Waals surface area contributed by atoms with Gasteiger partial charge >= 0.3 is 0 Å². The Kier molecular flexibility index (Phi) is 4.30. The summed E-state index contributed by atoms with van der Waals surface area (Å²) in [6.45, 7) is 2.44. The van der Waals surface area contributed by atoms with Gasteiger partial charge < -0.3 is 20.5 Å². The molecule has 0 spiro atoms. The molecule has 3 N–H and O–H groups in total. The lowest BCUT2D eigenvalue weighted by Gasteiger charge is -2.19. The van der Waals surface area contributed by atoms with Gasteiger partial charge in [0.25, 0.3) is 0 Å². The van der Waals surface area contributed by atoms with Gasteiger partial charge in [0.05, 0.1) is 13.2 Å². The average Bonchev–Trinajstić information content (AvgIpc) is 2.24. The van der Waals surface area contributed by atoms with Crippen molar-refractivity contribution >= 4 is 11.8 Å². The summed E-state index contributed by atoms with van der Waals surface area (Å²) in [4.78, 5) is 9.89. The number of aliphatic hydroxyl groups is 1. The highest BCUT2D eigenvalue weighted by Gasteiger charge is 2.08. The highest BCUT2D eigenvalue weighted by molar-refractivity contribution is 5.44. The maximum atomic E-state index is 9.19. The van der Waals surface area contributed by atoms with Crippen LogP contribution in [-0.4, -0.2) is 41.9 Å². The number of methoxy groups -OCH3 is 1. The number of hydrogen-bond donors (Lipinski definition) is 2. The maximum Gasteiger partial charge on any atom is 0.225 e. The Morgan fingerprint density at radius 2 is 2.25 bits per heavy atom. The molecular weight excluding hydrogens is 208 g/mol. The minimum absolute atomic E-state index is 0.179. The lowest BCUT2D eigenvalue weighted by molar-refractivity contribution is 0.187. The molecular formula is C10H18N4O2. The van der Waals surface area contributed by atoms with E-state index < -0.39 is 0 Å². The number of aliphatic hydroxyl groups excluding tert-OH is 1. The second-order valence-electron chi connectivity index (χ2n) is 3.69. The molecule has 16 heavy (non-hydrogen) atoms. The molecule has 0 aliphatic carbocycles. The maximum absolute atomic E-state index is 9.19. The predicted molar refractivity (Wildman–Crippen MR) is 62.6 cm³/mol. The first-order valence-corrected chi connectivity index (χ1v) is 5.10. The number of anilines is 2. The van der Waals surface area contributed by atoms with Gasteiger partial charge in [0.15, 0.2) is 0 Å². The van der Waals surface area contributed by atoms with E-state index in [9.17, 15) is 5.11 Å². The molecule has 0 radical (unpaired) electrons. The van der Waals surface area contributed by atoms with E-state index in [1.54, 1.807) is 13.0 Å². The molecule has 1 unspecified atom stereocenters. The summed E-state index contributed by atoms with van der Waals surface area (Å²) in [6.07, 6.45) is 0.339. The molecule has 0 aliphatic rings. The molecule has 0 bridgehead atoms. The molecule has 6 heteroatoms. The number of hydrogen-bond acceptors (Lipinski definition) is 6. The van der Waals surface area contributed by atoms with Crippen molar-refractivity contribution in [1.82, 2.24) is 9.97 Å². The zero-order valence-corrected chi connectivity index (χ0v) is 9.84. The molecule has 6 nitrogen and oxygen atoms in total. The summed E-state index contributed by atoms with van der Waals surface area (Å²) < 4.78 is 5.00. The number of ether oxygens (including phenoxy) is 1. The van der Waals surface area contributed by atoms with Crippen molar-refractivity contribution < 1.29 is 9.84 Å². The largest absolute Gasteiger partial charge is 0.481 e. The zero-order chi connectivity index (χ0) is 12.1. The smallest absolute Gasteiger partial charge is 0.225 e. The Bertz CT molecular complexity index is 344. The van der Waals surface area contributed by atoms with Gasteiger partial charge in [-0.1, -0.05) is 0 Å². The van der Waals surface area contributed by atoms with Gasteiger partial charge in [-0.3, -0.25) is 0 Å². The van der Waals surface area contributed by atoms with E-state index in [0.717, 1.165) is 0 Å². The molecule has 0 aliphatic heterocycles. The third-order valence-electron chi connectivity index (χ3n) is 2.19. The summed E-state index contributed by atoms with van der Waals surface area (Å²) in [6, 6.07) is 1.71. The van der Waals surface area contributed by atoms with E-state index in [-0.39, 0.29) is 12.1 Å². The van der Waals surface area contributed by atoms with Gasteiger partial charge in [0.2, 0.25) is 11.8 Å². The van der Waals surface area contributed by atoms with E-state index in [2.05, 4.69) is 9.97 Å². The average molecular weight is 226 g/mol. The summed E-state index contributed by atoms with van der Waals surface area (Å²) >= 11 is 0. The Hall–Kier alpha value is -1.56.